The van der Waals surface area contributed by atoms with Gasteiger partial charge in [0.25, 0.3) is 0 Å². The highest BCUT2D eigenvalue weighted by Gasteiger charge is 2.54. The number of carbonyl (C=O) groups is 2. The van der Waals surface area contributed by atoms with Gasteiger partial charge in [0, 0.05) is 0 Å². The molecule has 0 atom stereocenters. The lowest BCUT2D eigenvalue weighted by atomic mass is 9.67. The van der Waals surface area contributed by atoms with E-state index >= 15 is 0 Å². The number of nitrogens with zero attached hydrogens (tertiary/aromatic N) is 2. The molecule has 0 spiro atoms. The van der Waals surface area contributed by atoms with Crippen LogP contribution in [0, 0.1) is 6.92 Å². The fourth-order valence-electron chi connectivity index (χ4n) is 6.01. The van der Waals surface area contributed by atoms with Crippen LogP contribution in [-0.4, -0.2) is 41.4 Å². The van der Waals surface area contributed by atoms with Gasteiger partial charge in [0.1, 0.15) is 22.6 Å². The van der Waals surface area contributed by atoms with Gasteiger partial charge in [-0.2, -0.15) is 0 Å². The fraction of sp³-hybridized carbons (Fsp3) is 0.607. The first-order valence-electron chi connectivity index (χ1n) is 12.7. The number of hydrogen-bond acceptors (Lipinski definition) is 7. The minimum Gasteiger partial charge on any atom is -0.443 e. The molecule has 0 unspecified atom stereocenters. The SMILES string of the molecule is Cc1onc(C2OCCO2)c1-c1cc2c(c3c1CCC3)N(C(=O)OC(C)(C)C)C(C)(C)C(=O)C2(C)C. The van der Waals surface area contributed by atoms with Gasteiger partial charge in [0.15, 0.2) is 5.78 Å². The number of hydrogen-bond donors (Lipinski definition) is 0. The Morgan fingerprint density at radius 2 is 1.75 bits per heavy atom. The summed E-state index contributed by atoms with van der Waals surface area (Å²) in [6, 6.07) is 2.06. The first kappa shape index (κ1) is 25.0. The zero-order chi connectivity index (χ0) is 26.2. The van der Waals surface area contributed by atoms with Gasteiger partial charge in [-0.1, -0.05) is 5.16 Å². The lowest BCUT2D eigenvalue weighted by Crippen LogP contribution is -2.63. The third-order valence-corrected chi connectivity index (χ3v) is 7.53. The van der Waals surface area contributed by atoms with Crippen LogP contribution in [0.5, 0.6) is 0 Å². The summed E-state index contributed by atoms with van der Waals surface area (Å²) in [5.41, 5.74) is 3.70. The van der Waals surface area contributed by atoms with Gasteiger partial charge in [-0.25, -0.2) is 4.79 Å². The molecule has 36 heavy (non-hydrogen) atoms. The van der Waals surface area contributed by atoms with Crippen LogP contribution in [0.3, 0.4) is 0 Å². The van der Waals surface area contributed by atoms with E-state index in [1.807, 2.05) is 55.4 Å². The summed E-state index contributed by atoms with van der Waals surface area (Å²) in [7, 11) is 0. The van der Waals surface area contributed by atoms with Gasteiger partial charge < -0.3 is 18.7 Å². The summed E-state index contributed by atoms with van der Waals surface area (Å²) >= 11 is 0. The highest BCUT2D eigenvalue weighted by Crippen LogP contribution is 2.52. The third kappa shape index (κ3) is 3.68. The first-order valence-corrected chi connectivity index (χ1v) is 12.7. The second kappa shape index (κ2) is 8.15. The van der Waals surface area contributed by atoms with E-state index in [0.717, 1.165) is 52.8 Å². The molecular weight excluding hydrogens is 460 g/mol. The van der Waals surface area contributed by atoms with Crippen LogP contribution in [0.4, 0.5) is 10.5 Å². The van der Waals surface area contributed by atoms with Crippen LogP contribution in [0.2, 0.25) is 0 Å². The van der Waals surface area contributed by atoms with Gasteiger partial charge >= 0.3 is 6.09 Å². The number of ketones is 1. The van der Waals surface area contributed by atoms with Gasteiger partial charge in [-0.3, -0.25) is 9.69 Å². The maximum Gasteiger partial charge on any atom is 0.415 e. The second-order valence-corrected chi connectivity index (χ2v) is 12.0. The molecule has 3 heterocycles. The Labute approximate surface area is 212 Å². The van der Waals surface area contributed by atoms with E-state index in [1.165, 1.54) is 0 Å². The lowest BCUT2D eigenvalue weighted by Gasteiger charge is -2.49. The topological polar surface area (TPSA) is 91.1 Å². The Morgan fingerprint density at radius 3 is 2.39 bits per heavy atom. The van der Waals surface area contributed by atoms with Crippen molar-refractivity contribution in [1.82, 2.24) is 5.16 Å². The van der Waals surface area contributed by atoms with E-state index < -0.39 is 28.9 Å². The number of ether oxygens (including phenoxy) is 3. The molecule has 0 radical (unpaired) electrons. The van der Waals surface area contributed by atoms with Crippen molar-refractivity contribution < 1.29 is 28.3 Å². The van der Waals surface area contributed by atoms with Crippen molar-refractivity contribution in [2.75, 3.05) is 18.1 Å². The smallest absolute Gasteiger partial charge is 0.415 e. The van der Waals surface area contributed by atoms with E-state index in [4.69, 9.17) is 18.7 Å². The minimum absolute atomic E-state index is 0.0398. The van der Waals surface area contributed by atoms with E-state index in [2.05, 4.69) is 11.2 Å². The molecule has 194 valence electrons. The number of rotatable bonds is 2. The first-order chi connectivity index (χ1) is 16.7. The molecule has 1 aromatic heterocycles. The van der Waals surface area contributed by atoms with Crippen LogP contribution in [-0.2, 0) is 37.3 Å². The maximum atomic E-state index is 13.9. The second-order valence-electron chi connectivity index (χ2n) is 12.0. The van der Waals surface area contributed by atoms with Crippen LogP contribution in [0.25, 0.3) is 11.1 Å². The number of fused-ring (bicyclic) bond motifs is 3. The summed E-state index contributed by atoms with van der Waals surface area (Å²) in [5, 5.41) is 4.29. The van der Waals surface area contributed by atoms with Crippen molar-refractivity contribution in [2.24, 2.45) is 0 Å². The Morgan fingerprint density at radius 1 is 1.11 bits per heavy atom. The van der Waals surface area contributed by atoms with Gasteiger partial charge in [0.05, 0.1) is 29.9 Å². The van der Waals surface area contributed by atoms with Crippen molar-refractivity contribution in [3.8, 4) is 11.1 Å². The van der Waals surface area contributed by atoms with Gasteiger partial charge in [-0.15, -0.1) is 0 Å². The molecular formula is C28H36N2O6. The molecule has 1 fully saturated rings. The minimum atomic E-state index is -1.07. The summed E-state index contributed by atoms with van der Waals surface area (Å²) in [5.74, 6) is 0.629. The average Bonchev–Trinajstić information content (AvgIpc) is 3.51. The van der Waals surface area contributed by atoms with Crippen LogP contribution < -0.4 is 4.90 Å². The summed E-state index contributed by atoms with van der Waals surface area (Å²) in [6.07, 6.45) is 1.52. The van der Waals surface area contributed by atoms with Gasteiger partial charge in [-0.05, 0) is 103 Å². The predicted molar refractivity (Wildman–Crippen MR) is 134 cm³/mol. The van der Waals surface area contributed by atoms with Crippen molar-refractivity contribution in [3.05, 3.63) is 34.2 Å². The number of aromatic nitrogens is 1. The quantitative estimate of drug-likeness (QED) is 0.537. The molecule has 8 nitrogen and oxygen atoms in total. The molecule has 2 aromatic rings. The Bertz CT molecular complexity index is 1240. The molecule has 5 rings (SSSR count). The average molecular weight is 497 g/mol. The molecule has 2 aliphatic heterocycles. The predicted octanol–water partition coefficient (Wildman–Crippen LogP) is 5.56. The molecule has 0 N–H and O–H groups in total. The fourth-order valence-corrected chi connectivity index (χ4v) is 6.01. The summed E-state index contributed by atoms with van der Waals surface area (Å²) < 4.78 is 23.0. The highest BCUT2D eigenvalue weighted by atomic mass is 16.7. The van der Waals surface area contributed by atoms with E-state index in [9.17, 15) is 9.59 Å². The number of carbonyl (C=O) groups excluding carboxylic acids is 2. The molecule has 0 saturated carbocycles. The van der Waals surface area contributed by atoms with Crippen LogP contribution in [0.1, 0.15) is 89.3 Å². The van der Waals surface area contributed by atoms with E-state index in [1.54, 1.807) is 4.90 Å². The lowest BCUT2D eigenvalue weighted by molar-refractivity contribution is -0.128. The monoisotopic (exact) mass is 496 g/mol. The zero-order valence-electron chi connectivity index (χ0n) is 22.5. The molecule has 1 aliphatic carbocycles. The van der Waals surface area contributed by atoms with Crippen molar-refractivity contribution in [3.63, 3.8) is 0 Å². The largest absolute Gasteiger partial charge is 0.443 e. The third-order valence-electron chi connectivity index (χ3n) is 7.53. The zero-order valence-corrected chi connectivity index (χ0v) is 22.5. The summed E-state index contributed by atoms with van der Waals surface area (Å²) in [4.78, 5) is 29.2. The van der Waals surface area contributed by atoms with Crippen molar-refractivity contribution >= 4 is 17.6 Å². The molecule has 1 amide bonds. The Hall–Kier alpha value is -2.71. The molecule has 3 aliphatic rings. The number of benzene rings is 1. The van der Waals surface area contributed by atoms with E-state index in [-0.39, 0.29) is 5.78 Å². The Kier molecular flexibility index (Phi) is 5.65. The number of anilines is 1. The molecule has 1 aromatic carbocycles. The maximum absolute atomic E-state index is 13.9. The highest BCUT2D eigenvalue weighted by molar-refractivity contribution is 6.11. The van der Waals surface area contributed by atoms with Crippen LogP contribution >= 0.6 is 0 Å². The molecule has 0 bridgehead atoms. The summed E-state index contributed by atoms with van der Waals surface area (Å²) in [6.45, 7) is 15.9. The standard InChI is InChI=1S/C28H36N2O6/c1-15-20(21(29-36-15)23-33-12-13-34-23)18-14-19-22(17-11-9-10-16(17)18)30(25(32)35-26(2,3)4)28(7,8)24(31)27(19,5)6/h14,23H,9-13H2,1-8H3. The van der Waals surface area contributed by atoms with Crippen molar-refractivity contribution in [2.45, 2.75) is 97.5 Å². The van der Waals surface area contributed by atoms with Crippen LogP contribution in [0.15, 0.2) is 10.6 Å². The van der Waals surface area contributed by atoms with E-state index in [0.29, 0.717) is 24.7 Å². The number of aryl methyl sites for hydroxylation is 1. The molecule has 8 heteroatoms. The Balaban J connectivity index is 1.78. The molecule has 1 saturated heterocycles. The number of Topliss-reactive ketones (excluding diaryl/α,β-unsaturated/α-hetero) is 1. The van der Waals surface area contributed by atoms with Crippen molar-refractivity contribution in [1.29, 1.82) is 0 Å². The number of amides is 1. The normalized spacial score (nSPS) is 21.0. The van der Waals surface area contributed by atoms with Gasteiger partial charge in [0.2, 0.25) is 6.29 Å².